The maximum absolute atomic E-state index is 12.3. The van der Waals surface area contributed by atoms with E-state index in [0.29, 0.717) is 0 Å². The van der Waals surface area contributed by atoms with Crippen LogP contribution in [0.3, 0.4) is 0 Å². The maximum atomic E-state index is 12.3. The summed E-state index contributed by atoms with van der Waals surface area (Å²) in [6.45, 7) is 5.59. The molecule has 2 rings (SSSR count). The molecule has 0 unspecified atom stereocenters. The van der Waals surface area contributed by atoms with Crippen LogP contribution in [-0.2, 0) is 18.9 Å². The Balaban J connectivity index is 2.25. The van der Waals surface area contributed by atoms with Crippen LogP contribution in [0.1, 0.15) is 22.3 Å². The van der Waals surface area contributed by atoms with Gasteiger partial charge in [0.05, 0.1) is 6.54 Å². The molecule has 1 aromatic carbocycles. The second kappa shape index (κ2) is 7.27. The van der Waals surface area contributed by atoms with E-state index in [-0.39, 0.29) is 23.8 Å². The molecule has 0 aliphatic heterocycles. The number of carbonyl (C=O) groups excluding carboxylic acids is 1. The summed E-state index contributed by atoms with van der Waals surface area (Å²) in [6.07, 6.45) is 0. The minimum Gasteiger partial charge on any atom is -0.361 e. The molecule has 0 radical (unpaired) electrons. The molecule has 8 heteroatoms. The number of carbonyl (C=O) groups is 1. The topological polar surface area (TPSA) is 109 Å². The Labute approximate surface area is 150 Å². The highest BCUT2D eigenvalue weighted by atomic mass is 16.2. The Kier molecular flexibility index (Phi) is 5.31. The number of aryl methyl sites for hydroxylation is 3. The van der Waals surface area contributed by atoms with Gasteiger partial charge in [0.25, 0.3) is 5.56 Å². The van der Waals surface area contributed by atoms with Crippen LogP contribution in [0.25, 0.3) is 0 Å². The zero-order valence-corrected chi connectivity index (χ0v) is 15.4. The molecule has 0 aliphatic rings. The number of benzene rings is 1. The lowest BCUT2D eigenvalue weighted by Crippen LogP contribution is -2.40. The van der Waals surface area contributed by atoms with Crippen molar-refractivity contribution < 1.29 is 4.79 Å². The first kappa shape index (κ1) is 19.0. The molecule has 0 bridgehead atoms. The van der Waals surface area contributed by atoms with Crippen molar-refractivity contribution in [1.29, 1.82) is 5.26 Å². The molecule has 0 atom stereocenters. The van der Waals surface area contributed by atoms with Crippen molar-refractivity contribution in [2.24, 2.45) is 14.1 Å². The minimum absolute atomic E-state index is 0.0214. The fraction of sp³-hybridized carbons (Fsp3) is 0.333. The summed E-state index contributed by atoms with van der Waals surface area (Å²) in [5, 5.41) is 14.8. The lowest BCUT2D eigenvalue weighted by atomic mass is 10.1. The molecule has 0 saturated carbocycles. The molecule has 0 saturated heterocycles. The van der Waals surface area contributed by atoms with Gasteiger partial charge in [-0.25, -0.2) is 4.79 Å². The van der Waals surface area contributed by atoms with Gasteiger partial charge in [0.15, 0.2) is 5.56 Å². The average molecular weight is 355 g/mol. The highest BCUT2D eigenvalue weighted by molar-refractivity contribution is 5.95. The van der Waals surface area contributed by atoms with Gasteiger partial charge in [0.2, 0.25) is 5.91 Å². The molecule has 1 heterocycles. The Morgan fingerprint density at radius 1 is 1.12 bits per heavy atom. The van der Waals surface area contributed by atoms with E-state index < -0.39 is 11.2 Å². The quantitative estimate of drug-likeness (QED) is 0.848. The van der Waals surface area contributed by atoms with E-state index in [9.17, 15) is 19.6 Å². The highest BCUT2D eigenvalue weighted by Gasteiger charge is 2.16. The Morgan fingerprint density at radius 2 is 1.69 bits per heavy atom. The van der Waals surface area contributed by atoms with Crippen LogP contribution in [-0.4, -0.2) is 21.6 Å². The molecular weight excluding hydrogens is 334 g/mol. The zero-order chi connectivity index (χ0) is 19.6. The van der Waals surface area contributed by atoms with Crippen molar-refractivity contribution in [2.75, 3.05) is 17.2 Å². The summed E-state index contributed by atoms with van der Waals surface area (Å²) in [5.41, 5.74) is 2.20. The van der Waals surface area contributed by atoms with Gasteiger partial charge in [-0.2, -0.15) is 5.26 Å². The van der Waals surface area contributed by atoms with Crippen molar-refractivity contribution in [3.63, 3.8) is 0 Å². The fourth-order valence-corrected chi connectivity index (χ4v) is 2.88. The number of hydrogen-bond acceptors (Lipinski definition) is 5. The number of nitriles is 1. The van der Waals surface area contributed by atoms with Crippen molar-refractivity contribution >= 4 is 17.4 Å². The van der Waals surface area contributed by atoms with E-state index in [1.807, 2.05) is 32.9 Å². The van der Waals surface area contributed by atoms with Gasteiger partial charge >= 0.3 is 5.69 Å². The number of aromatic nitrogens is 2. The molecule has 1 aromatic heterocycles. The molecule has 1 amide bonds. The number of nitrogens with zero attached hydrogens (tertiary/aromatic N) is 3. The minimum atomic E-state index is -0.705. The second-order valence-corrected chi connectivity index (χ2v) is 6.22. The Morgan fingerprint density at radius 3 is 2.23 bits per heavy atom. The molecule has 2 aromatic rings. The van der Waals surface area contributed by atoms with Crippen LogP contribution >= 0.6 is 0 Å². The fourth-order valence-electron chi connectivity index (χ4n) is 2.88. The van der Waals surface area contributed by atoms with Gasteiger partial charge in [0, 0.05) is 19.8 Å². The highest BCUT2D eigenvalue weighted by Crippen LogP contribution is 2.21. The predicted octanol–water partition coefficient (Wildman–Crippen LogP) is 0.932. The van der Waals surface area contributed by atoms with Gasteiger partial charge in [-0.15, -0.1) is 0 Å². The van der Waals surface area contributed by atoms with E-state index in [4.69, 9.17) is 0 Å². The van der Waals surface area contributed by atoms with Crippen LogP contribution in [0.4, 0.5) is 11.5 Å². The first-order chi connectivity index (χ1) is 12.2. The summed E-state index contributed by atoms with van der Waals surface area (Å²) >= 11 is 0. The van der Waals surface area contributed by atoms with Gasteiger partial charge in [-0.05, 0) is 31.9 Å². The molecule has 136 valence electrons. The van der Waals surface area contributed by atoms with E-state index in [1.54, 1.807) is 6.07 Å². The normalized spacial score (nSPS) is 10.3. The summed E-state index contributed by atoms with van der Waals surface area (Å²) in [4.78, 5) is 36.3. The van der Waals surface area contributed by atoms with Crippen LogP contribution in [0.15, 0.2) is 21.7 Å². The third-order valence-corrected chi connectivity index (χ3v) is 4.13. The van der Waals surface area contributed by atoms with Crippen molar-refractivity contribution in [3.05, 3.63) is 55.2 Å². The standard InChI is InChI=1S/C18H21N5O3/c1-10-6-11(2)15(12(3)7-10)21-14(24)9-20-16-13(8-19)17(25)23(5)18(26)22(16)4/h6-7,20H,9H2,1-5H3,(H,21,24). The molecule has 0 fully saturated rings. The van der Waals surface area contributed by atoms with Crippen molar-refractivity contribution in [2.45, 2.75) is 20.8 Å². The monoisotopic (exact) mass is 355 g/mol. The smallest absolute Gasteiger partial charge is 0.332 e. The van der Waals surface area contributed by atoms with Crippen molar-refractivity contribution in [1.82, 2.24) is 9.13 Å². The molecule has 2 N–H and O–H groups in total. The van der Waals surface area contributed by atoms with Crippen molar-refractivity contribution in [3.8, 4) is 6.07 Å². The van der Waals surface area contributed by atoms with Crippen LogP contribution in [0.5, 0.6) is 0 Å². The first-order valence-electron chi connectivity index (χ1n) is 7.99. The van der Waals surface area contributed by atoms with E-state index >= 15 is 0 Å². The van der Waals surface area contributed by atoms with Crippen LogP contribution < -0.4 is 21.9 Å². The average Bonchev–Trinajstić information content (AvgIpc) is 2.58. The Bertz CT molecular complexity index is 1020. The summed E-state index contributed by atoms with van der Waals surface area (Å²) in [6, 6.07) is 5.72. The first-order valence-corrected chi connectivity index (χ1v) is 7.99. The Hall–Kier alpha value is -3.34. The summed E-state index contributed by atoms with van der Waals surface area (Å²) in [5.74, 6) is -0.329. The van der Waals surface area contributed by atoms with E-state index in [1.165, 1.54) is 14.1 Å². The van der Waals surface area contributed by atoms with Gasteiger partial charge in [0.1, 0.15) is 11.9 Å². The molecule has 0 aliphatic carbocycles. The second-order valence-electron chi connectivity index (χ2n) is 6.22. The van der Waals surface area contributed by atoms with Gasteiger partial charge < -0.3 is 10.6 Å². The number of amides is 1. The maximum Gasteiger partial charge on any atom is 0.332 e. The molecular formula is C18H21N5O3. The third-order valence-electron chi connectivity index (χ3n) is 4.13. The molecule has 8 nitrogen and oxygen atoms in total. The number of rotatable bonds is 4. The zero-order valence-electron chi connectivity index (χ0n) is 15.4. The molecule has 26 heavy (non-hydrogen) atoms. The third kappa shape index (κ3) is 3.52. The molecule has 0 spiro atoms. The number of hydrogen-bond donors (Lipinski definition) is 2. The lowest BCUT2D eigenvalue weighted by Gasteiger charge is -2.15. The predicted molar refractivity (Wildman–Crippen MR) is 99.4 cm³/mol. The number of anilines is 2. The van der Waals surface area contributed by atoms with Crippen LogP contribution in [0.2, 0.25) is 0 Å². The van der Waals surface area contributed by atoms with E-state index in [2.05, 4.69) is 10.6 Å². The summed E-state index contributed by atoms with van der Waals surface area (Å²) < 4.78 is 1.98. The largest absolute Gasteiger partial charge is 0.361 e. The lowest BCUT2D eigenvalue weighted by molar-refractivity contribution is -0.114. The van der Waals surface area contributed by atoms with Gasteiger partial charge in [-0.1, -0.05) is 17.7 Å². The summed E-state index contributed by atoms with van der Waals surface area (Å²) in [7, 11) is 2.72. The SMILES string of the molecule is Cc1cc(C)c(NC(=O)CNc2c(C#N)c(=O)n(C)c(=O)n2C)c(C)c1. The van der Waals surface area contributed by atoms with E-state index in [0.717, 1.165) is 31.5 Å². The number of nitrogens with one attached hydrogen (secondary N) is 2. The van der Waals surface area contributed by atoms with Crippen LogP contribution in [0, 0.1) is 32.1 Å². The van der Waals surface area contributed by atoms with Gasteiger partial charge in [-0.3, -0.25) is 18.7 Å².